The molecule has 1 aliphatic heterocycles. The van der Waals surface area contributed by atoms with Gasteiger partial charge in [-0.15, -0.1) is 0 Å². The lowest BCUT2D eigenvalue weighted by atomic mass is 10.1. The highest BCUT2D eigenvalue weighted by atomic mass is 32.2. The summed E-state index contributed by atoms with van der Waals surface area (Å²) in [7, 11) is 0. The average molecular weight is 189 g/mol. The van der Waals surface area contributed by atoms with Gasteiger partial charge in [-0.05, 0) is 31.9 Å². The molecule has 72 valence electrons. The summed E-state index contributed by atoms with van der Waals surface area (Å²) in [4.78, 5) is 0. The number of hydrogen-bond acceptors (Lipinski definition) is 3. The van der Waals surface area contributed by atoms with E-state index in [0.717, 1.165) is 6.42 Å². The van der Waals surface area contributed by atoms with E-state index in [1.165, 1.54) is 24.3 Å². The van der Waals surface area contributed by atoms with Gasteiger partial charge in [0.2, 0.25) is 0 Å². The molecule has 0 radical (unpaired) electrons. The van der Waals surface area contributed by atoms with Crippen LogP contribution >= 0.6 is 11.8 Å². The number of hydrogen-bond donors (Lipinski definition) is 2. The summed E-state index contributed by atoms with van der Waals surface area (Å²) < 4.78 is 0. The third-order valence-electron chi connectivity index (χ3n) is 2.24. The zero-order valence-corrected chi connectivity index (χ0v) is 8.57. The van der Waals surface area contributed by atoms with Gasteiger partial charge in [-0.2, -0.15) is 11.8 Å². The van der Waals surface area contributed by atoms with Crippen LogP contribution in [0.1, 0.15) is 26.2 Å². The van der Waals surface area contributed by atoms with Gasteiger partial charge in [-0.1, -0.05) is 0 Å². The molecule has 1 heterocycles. The van der Waals surface area contributed by atoms with Gasteiger partial charge in [-0.25, -0.2) is 0 Å². The SMILES string of the molecule is CC(CCO)NC1CCCSC1. The molecule has 2 unspecified atom stereocenters. The normalized spacial score (nSPS) is 27.0. The summed E-state index contributed by atoms with van der Waals surface area (Å²) in [5, 5.41) is 12.3. The lowest BCUT2D eigenvalue weighted by Crippen LogP contribution is -2.40. The Morgan fingerprint density at radius 1 is 1.67 bits per heavy atom. The smallest absolute Gasteiger partial charge is 0.0445 e. The summed E-state index contributed by atoms with van der Waals surface area (Å²) in [6.07, 6.45) is 3.53. The highest BCUT2D eigenvalue weighted by Crippen LogP contribution is 2.17. The maximum atomic E-state index is 8.72. The van der Waals surface area contributed by atoms with E-state index < -0.39 is 0 Å². The zero-order chi connectivity index (χ0) is 8.81. The van der Waals surface area contributed by atoms with Crippen LogP contribution in [0.4, 0.5) is 0 Å². The molecule has 0 bridgehead atoms. The van der Waals surface area contributed by atoms with Crippen molar-refractivity contribution in [3.05, 3.63) is 0 Å². The Balaban J connectivity index is 2.11. The summed E-state index contributed by atoms with van der Waals surface area (Å²) in [6.45, 7) is 2.45. The van der Waals surface area contributed by atoms with Crippen LogP contribution < -0.4 is 5.32 Å². The van der Waals surface area contributed by atoms with Crippen LogP contribution in [0.3, 0.4) is 0 Å². The Hall–Kier alpha value is 0.270. The van der Waals surface area contributed by atoms with E-state index in [4.69, 9.17) is 5.11 Å². The molecule has 1 rings (SSSR count). The van der Waals surface area contributed by atoms with E-state index in [-0.39, 0.29) is 0 Å². The summed E-state index contributed by atoms with van der Waals surface area (Å²) >= 11 is 2.04. The second-order valence-electron chi connectivity index (χ2n) is 3.49. The largest absolute Gasteiger partial charge is 0.396 e. The van der Waals surface area contributed by atoms with Crippen LogP contribution in [0.25, 0.3) is 0 Å². The molecule has 3 heteroatoms. The standard InChI is InChI=1S/C9H19NOS/c1-8(4-5-11)10-9-3-2-6-12-7-9/h8-11H,2-7H2,1H3. The van der Waals surface area contributed by atoms with Gasteiger partial charge in [0.25, 0.3) is 0 Å². The molecule has 2 nitrogen and oxygen atoms in total. The first kappa shape index (κ1) is 10.4. The molecule has 12 heavy (non-hydrogen) atoms. The van der Waals surface area contributed by atoms with Crippen LogP contribution in [0.5, 0.6) is 0 Å². The first-order valence-electron chi connectivity index (χ1n) is 4.77. The second-order valence-corrected chi connectivity index (χ2v) is 4.64. The van der Waals surface area contributed by atoms with Gasteiger partial charge in [0.05, 0.1) is 0 Å². The molecule has 0 saturated carbocycles. The first-order valence-corrected chi connectivity index (χ1v) is 5.93. The van der Waals surface area contributed by atoms with Crippen molar-refractivity contribution in [1.29, 1.82) is 0 Å². The van der Waals surface area contributed by atoms with Gasteiger partial charge >= 0.3 is 0 Å². The maximum absolute atomic E-state index is 8.72. The lowest BCUT2D eigenvalue weighted by molar-refractivity contribution is 0.263. The van der Waals surface area contributed by atoms with Crippen molar-refractivity contribution in [2.45, 2.75) is 38.3 Å². The van der Waals surface area contributed by atoms with Crippen molar-refractivity contribution in [3.8, 4) is 0 Å². The van der Waals surface area contributed by atoms with Gasteiger partial charge in [0, 0.05) is 24.4 Å². The van der Waals surface area contributed by atoms with Crippen molar-refractivity contribution in [2.75, 3.05) is 18.1 Å². The first-order chi connectivity index (χ1) is 5.83. The molecule has 0 aromatic carbocycles. The Labute approximate surface area is 79.1 Å². The van der Waals surface area contributed by atoms with E-state index in [1.807, 2.05) is 11.8 Å². The van der Waals surface area contributed by atoms with E-state index in [1.54, 1.807) is 0 Å². The van der Waals surface area contributed by atoms with Crippen LogP contribution in [0.15, 0.2) is 0 Å². The summed E-state index contributed by atoms with van der Waals surface area (Å²) in [6, 6.07) is 1.16. The van der Waals surface area contributed by atoms with Crippen molar-refractivity contribution in [3.63, 3.8) is 0 Å². The maximum Gasteiger partial charge on any atom is 0.0445 e. The molecule has 0 aromatic heterocycles. The van der Waals surface area contributed by atoms with Gasteiger partial charge in [-0.3, -0.25) is 0 Å². The molecular formula is C9H19NOS. The topological polar surface area (TPSA) is 32.3 Å². The highest BCUT2D eigenvalue weighted by molar-refractivity contribution is 7.99. The number of rotatable bonds is 4. The minimum Gasteiger partial charge on any atom is -0.396 e. The quantitative estimate of drug-likeness (QED) is 0.698. The van der Waals surface area contributed by atoms with Crippen LogP contribution in [-0.2, 0) is 0 Å². The molecule has 0 aliphatic carbocycles. The summed E-state index contributed by atoms with van der Waals surface area (Å²) in [5.74, 6) is 2.57. The fourth-order valence-electron chi connectivity index (χ4n) is 1.55. The number of thioether (sulfide) groups is 1. The number of nitrogens with one attached hydrogen (secondary N) is 1. The van der Waals surface area contributed by atoms with Crippen LogP contribution in [-0.4, -0.2) is 35.3 Å². The minimum atomic E-state index is 0.300. The molecule has 1 fully saturated rings. The monoisotopic (exact) mass is 189 g/mol. The Bertz CT molecular complexity index is 115. The second kappa shape index (κ2) is 5.84. The fourth-order valence-corrected chi connectivity index (χ4v) is 2.64. The summed E-state index contributed by atoms with van der Waals surface area (Å²) in [5.41, 5.74) is 0. The molecular weight excluding hydrogens is 170 g/mol. The predicted molar refractivity (Wildman–Crippen MR) is 54.6 cm³/mol. The molecule has 1 aliphatic rings. The molecule has 0 aromatic rings. The third-order valence-corrected chi connectivity index (χ3v) is 3.46. The molecule has 2 atom stereocenters. The molecule has 0 spiro atoms. The van der Waals surface area contributed by atoms with E-state index in [0.29, 0.717) is 18.7 Å². The van der Waals surface area contributed by atoms with E-state index in [9.17, 15) is 0 Å². The highest BCUT2D eigenvalue weighted by Gasteiger charge is 2.14. The number of aliphatic hydroxyl groups excluding tert-OH is 1. The average Bonchev–Trinajstić information content (AvgIpc) is 2.06. The fraction of sp³-hybridized carbons (Fsp3) is 1.00. The molecule has 1 saturated heterocycles. The van der Waals surface area contributed by atoms with Crippen LogP contribution in [0, 0.1) is 0 Å². The Kier molecular flexibility index (Phi) is 5.04. The Morgan fingerprint density at radius 2 is 2.50 bits per heavy atom. The zero-order valence-electron chi connectivity index (χ0n) is 7.75. The van der Waals surface area contributed by atoms with E-state index >= 15 is 0 Å². The van der Waals surface area contributed by atoms with Crippen molar-refractivity contribution in [1.82, 2.24) is 5.32 Å². The van der Waals surface area contributed by atoms with Gasteiger partial charge in [0.1, 0.15) is 0 Å². The van der Waals surface area contributed by atoms with Crippen molar-refractivity contribution in [2.24, 2.45) is 0 Å². The Morgan fingerprint density at radius 3 is 3.08 bits per heavy atom. The third kappa shape index (κ3) is 3.78. The minimum absolute atomic E-state index is 0.300. The molecule has 0 amide bonds. The lowest BCUT2D eigenvalue weighted by Gasteiger charge is -2.25. The van der Waals surface area contributed by atoms with E-state index in [2.05, 4.69) is 12.2 Å². The van der Waals surface area contributed by atoms with Crippen molar-refractivity contribution < 1.29 is 5.11 Å². The van der Waals surface area contributed by atoms with Crippen LogP contribution in [0.2, 0.25) is 0 Å². The van der Waals surface area contributed by atoms with Gasteiger partial charge < -0.3 is 10.4 Å². The predicted octanol–water partition coefficient (Wildman–Crippen LogP) is 1.24. The van der Waals surface area contributed by atoms with Crippen molar-refractivity contribution >= 4 is 11.8 Å². The number of aliphatic hydroxyl groups is 1. The molecule has 2 N–H and O–H groups in total. The van der Waals surface area contributed by atoms with Gasteiger partial charge in [0.15, 0.2) is 0 Å².